The highest BCUT2D eigenvalue weighted by Crippen LogP contribution is 2.25. The van der Waals surface area contributed by atoms with Crippen molar-refractivity contribution in [2.75, 3.05) is 25.0 Å². The molecule has 0 spiro atoms. The van der Waals surface area contributed by atoms with Gasteiger partial charge in [0.15, 0.2) is 0 Å². The first-order chi connectivity index (χ1) is 13.6. The minimum Gasteiger partial charge on any atom is -0.352 e. The highest BCUT2D eigenvalue weighted by Gasteiger charge is 2.08. The lowest BCUT2D eigenvalue weighted by Crippen LogP contribution is -2.25. The molecule has 1 N–H and O–H groups in total. The van der Waals surface area contributed by atoms with Crippen LogP contribution < -0.4 is 5.32 Å². The molecule has 0 bridgehead atoms. The first kappa shape index (κ1) is 20.2. The molecule has 0 aliphatic heterocycles. The van der Waals surface area contributed by atoms with Gasteiger partial charge < -0.3 is 10.2 Å². The molecule has 148 valence electrons. The number of rotatable bonds is 9. The van der Waals surface area contributed by atoms with Crippen molar-refractivity contribution in [1.29, 1.82) is 0 Å². The normalized spacial score (nSPS) is 12.5. The Kier molecular flexibility index (Phi) is 6.93. The van der Waals surface area contributed by atoms with Crippen LogP contribution in [0.4, 0.5) is 5.95 Å². The lowest BCUT2D eigenvalue weighted by molar-refractivity contribution is 0.295. The van der Waals surface area contributed by atoms with E-state index in [1.54, 1.807) is 0 Å². The van der Waals surface area contributed by atoms with Crippen LogP contribution in [0.5, 0.6) is 0 Å². The Hall–Kier alpha value is -2.53. The molecule has 3 aromatic rings. The fourth-order valence-corrected chi connectivity index (χ4v) is 3.49. The zero-order valence-electron chi connectivity index (χ0n) is 17.4. The SMILES string of the molecule is CCN(CC)CCC[C@H](C)Nc1ncc2cc(-c3cnccc3C)ccc2n1. The summed E-state index contributed by atoms with van der Waals surface area (Å²) in [5, 5.41) is 4.49. The average Bonchev–Trinajstić information content (AvgIpc) is 2.71. The van der Waals surface area contributed by atoms with Crippen LogP contribution >= 0.6 is 0 Å². The van der Waals surface area contributed by atoms with Gasteiger partial charge in [0.2, 0.25) is 5.95 Å². The first-order valence-electron chi connectivity index (χ1n) is 10.3. The molecule has 0 saturated carbocycles. The second kappa shape index (κ2) is 9.60. The fraction of sp³-hybridized carbons (Fsp3) is 0.435. The topological polar surface area (TPSA) is 53.9 Å². The van der Waals surface area contributed by atoms with E-state index in [9.17, 15) is 0 Å². The van der Waals surface area contributed by atoms with E-state index in [0.29, 0.717) is 12.0 Å². The lowest BCUT2D eigenvalue weighted by Gasteiger charge is -2.19. The molecular weight excluding hydrogens is 346 g/mol. The molecule has 3 rings (SSSR count). The summed E-state index contributed by atoms with van der Waals surface area (Å²) in [6, 6.07) is 8.69. The van der Waals surface area contributed by atoms with Gasteiger partial charge in [0.25, 0.3) is 0 Å². The number of nitrogens with zero attached hydrogens (tertiary/aromatic N) is 4. The standard InChI is InChI=1S/C23H31N5/c1-5-28(6-2)13-7-8-18(4)26-23-25-15-20-14-19(9-10-22(20)27-23)21-16-24-12-11-17(21)3/h9-12,14-16,18H,5-8,13H2,1-4H3,(H,25,26,27)/t18-/m0/s1. The molecule has 0 aliphatic carbocycles. The van der Waals surface area contributed by atoms with Crippen molar-refractivity contribution in [3.8, 4) is 11.1 Å². The molecule has 1 atom stereocenters. The molecule has 0 unspecified atom stereocenters. The zero-order chi connectivity index (χ0) is 19.9. The number of pyridine rings is 1. The highest BCUT2D eigenvalue weighted by atomic mass is 15.1. The molecule has 0 saturated heterocycles. The minimum absolute atomic E-state index is 0.352. The molecular formula is C23H31N5. The monoisotopic (exact) mass is 377 g/mol. The molecule has 0 amide bonds. The molecule has 28 heavy (non-hydrogen) atoms. The van der Waals surface area contributed by atoms with E-state index in [-0.39, 0.29) is 0 Å². The number of hydrogen-bond acceptors (Lipinski definition) is 5. The minimum atomic E-state index is 0.352. The number of aromatic nitrogens is 3. The van der Waals surface area contributed by atoms with Crippen LogP contribution in [0.25, 0.3) is 22.0 Å². The summed E-state index contributed by atoms with van der Waals surface area (Å²) in [6.45, 7) is 12.1. The van der Waals surface area contributed by atoms with Gasteiger partial charge >= 0.3 is 0 Å². The van der Waals surface area contributed by atoms with Crippen molar-refractivity contribution in [1.82, 2.24) is 19.9 Å². The molecule has 0 fully saturated rings. The third-order valence-corrected chi connectivity index (χ3v) is 5.31. The Labute approximate surface area is 168 Å². The molecule has 0 aliphatic rings. The number of fused-ring (bicyclic) bond motifs is 1. The molecule has 0 radical (unpaired) electrons. The Morgan fingerprint density at radius 2 is 1.93 bits per heavy atom. The lowest BCUT2D eigenvalue weighted by atomic mass is 10.0. The van der Waals surface area contributed by atoms with Gasteiger partial charge in [-0.1, -0.05) is 19.9 Å². The van der Waals surface area contributed by atoms with Crippen LogP contribution in [0.3, 0.4) is 0 Å². The van der Waals surface area contributed by atoms with Crippen LogP contribution in [0, 0.1) is 6.92 Å². The number of benzene rings is 1. The van der Waals surface area contributed by atoms with Crippen molar-refractivity contribution in [2.45, 2.75) is 46.6 Å². The Balaban J connectivity index is 1.66. The van der Waals surface area contributed by atoms with Gasteiger partial charge in [0.1, 0.15) is 0 Å². The smallest absolute Gasteiger partial charge is 0.223 e. The molecule has 2 aromatic heterocycles. The second-order valence-corrected chi connectivity index (χ2v) is 7.37. The van der Waals surface area contributed by atoms with Crippen LogP contribution in [0.1, 0.15) is 39.2 Å². The molecule has 2 heterocycles. The van der Waals surface area contributed by atoms with E-state index in [4.69, 9.17) is 4.98 Å². The third-order valence-electron chi connectivity index (χ3n) is 5.31. The fourth-order valence-electron chi connectivity index (χ4n) is 3.49. The highest BCUT2D eigenvalue weighted by molar-refractivity contribution is 5.85. The Morgan fingerprint density at radius 3 is 2.68 bits per heavy atom. The van der Waals surface area contributed by atoms with Crippen molar-refractivity contribution < 1.29 is 0 Å². The van der Waals surface area contributed by atoms with Gasteiger partial charge in [0.05, 0.1) is 5.52 Å². The van der Waals surface area contributed by atoms with Gasteiger partial charge in [-0.3, -0.25) is 4.98 Å². The van der Waals surface area contributed by atoms with Crippen LogP contribution in [-0.2, 0) is 0 Å². The van der Waals surface area contributed by atoms with E-state index in [1.165, 1.54) is 12.0 Å². The molecule has 5 heteroatoms. The van der Waals surface area contributed by atoms with Gasteiger partial charge in [-0.15, -0.1) is 0 Å². The van der Waals surface area contributed by atoms with Crippen LogP contribution in [-0.4, -0.2) is 45.5 Å². The molecule has 5 nitrogen and oxygen atoms in total. The quantitative estimate of drug-likeness (QED) is 0.573. The third kappa shape index (κ3) is 5.04. The first-order valence-corrected chi connectivity index (χ1v) is 10.3. The van der Waals surface area contributed by atoms with Gasteiger partial charge in [0, 0.05) is 35.6 Å². The number of nitrogens with one attached hydrogen (secondary N) is 1. The van der Waals surface area contributed by atoms with Gasteiger partial charge in [-0.05, 0) is 75.6 Å². The van der Waals surface area contributed by atoms with Crippen molar-refractivity contribution >= 4 is 16.9 Å². The number of hydrogen-bond donors (Lipinski definition) is 1. The summed E-state index contributed by atoms with van der Waals surface area (Å²) >= 11 is 0. The summed E-state index contributed by atoms with van der Waals surface area (Å²) in [4.78, 5) is 15.9. The average molecular weight is 378 g/mol. The van der Waals surface area contributed by atoms with E-state index < -0.39 is 0 Å². The number of aryl methyl sites for hydroxylation is 1. The van der Waals surface area contributed by atoms with Gasteiger partial charge in [-0.2, -0.15) is 0 Å². The van der Waals surface area contributed by atoms with Crippen molar-refractivity contribution in [3.63, 3.8) is 0 Å². The predicted molar refractivity (Wildman–Crippen MR) is 118 cm³/mol. The molecule has 1 aromatic carbocycles. The summed E-state index contributed by atoms with van der Waals surface area (Å²) < 4.78 is 0. The Morgan fingerprint density at radius 1 is 1.11 bits per heavy atom. The second-order valence-electron chi connectivity index (χ2n) is 7.37. The number of anilines is 1. The summed E-state index contributed by atoms with van der Waals surface area (Å²) in [7, 11) is 0. The maximum absolute atomic E-state index is 4.70. The van der Waals surface area contributed by atoms with E-state index in [0.717, 1.165) is 48.1 Å². The van der Waals surface area contributed by atoms with E-state index >= 15 is 0 Å². The summed E-state index contributed by atoms with van der Waals surface area (Å²) in [5.74, 6) is 0.702. The van der Waals surface area contributed by atoms with Crippen molar-refractivity contribution in [3.05, 3.63) is 48.4 Å². The Bertz CT molecular complexity index is 904. The largest absolute Gasteiger partial charge is 0.352 e. The maximum atomic E-state index is 4.70. The summed E-state index contributed by atoms with van der Waals surface area (Å²) in [5.41, 5.74) is 4.46. The van der Waals surface area contributed by atoms with E-state index in [2.05, 4.69) is 66.1 Å². The summed E-state index contributed by atoms with van der Waals surface area (Å²) in [6.07, 6.45) is 7.92. The van der Waals surface area contributed by atoms with Gasteiger partial charge in [-0.25, -0.2) is 9.97 Å². The van der Waals surface area contributed by atoms with Crippen molar-refractivity contribution in [2.24, 2.45) is 0 Å². The van der Waals surface area contributed by atoms with Crippen LogP contribution in [0.15, 0.2) is 42.9 Å². The van der Waals surface area contributed by atoms with E-state index in [1.807, 2.05) is 24.7 Å². The zero-order valence-corrected chi connectivity index (χ0v) is 17.4. The maximum Gasteiger partial charge on any atom is 0.223 e. The predicted octanol–water partition coefficient (Wildman–Crippen LogP) is 4.92. The van der Waals surface area contributed by atoms with Crippen LogP contribution in [0.2, 0.25) is 0 Å².